The molecule has 1 atom stereocenters. The summed E-state index contributed by atoms with van der Waals surface area (Å²) in [4.78, 5) is 11.9. The van der Waals surface area contributed by atoms with Crippen molar-refractivity contribution in [3.05, 3.63) is 35.9 Å². The zero-order valence-electron chi connectivity index (χ0n) is 12.4. The summed E-state index contributed by atoms with van der Waals surface area (Å²) in [5, 5.41) is 12.8. The molecule has 20 heavy (non-hydrogen) atoms. The van der Waals surface area contributed by atoms with Gasteiger partial charge in [0.25, 0.3) is 0 Å². The number of aliphatic hydroxyl groups is 1. The van der Waals surface area contributed by atoms with Crippen molar-refractivity contribution in [2.24, 2.45) is 5.92 Å². The van der Waals surface area contributed by atoms with Crippen LogP contribution in [0.5, 0.6) is 0 Å². The lowest BCUT2D eigenvalue weighted by molar-refractivity contribution is -0.124. The predicted molar refractivity (Wildman–Crippen MR) is 80.4 cm³/mol. The van der Waals surface area contributed by atoms with Crippen LogP contribution in [0.15, 0.2) is 30.3 Å². The summed E-state index contributed by atoms with van der Waals surface area (Å²) in [6.45, 7) is 4.53. The Kier molecular flexibility index (Phi) is 4.81. The summed E-state index contributed by atoms with van der Waals surface area (Å²) in [7, 11) is 0. The van der Waals surface area contributed by atoms with Gasteiger partial charge in [-0.05, 0) is 24.3 Å². The van der Waals surface area contributed by atoms with E-state index in [1.807, 2.05) is 19.9 Å². The highest BCUT2D eigenvalue weighted by Crippen LogP contribution is 2.43. The van der Waals surface area contributed by atoms with Gasteiger partial charge in [0.2, 0.25) is 5.91 Å². The Morgan fingerprint density at radius 3 is 2.45 bits per heavy atom. The van der Waals surface area contributed by atoms with Crippen LogP contribution in [-0.4, -0.2) is 23.7 Å². The lowest BCUT2D eigenvalue weighted by atomic mass is 9.64. The van der Waals surface area contributed by atoms with Crippen LogP contribution in [0.4, 0.5) is 0 Å². The van der Waals surface area contributed by atoms with Gasteiger partial charge in [-0.1, -0.05) is 50.6 Å². The van der Waals surface area contributed by atoms with Crippen molar-refractivity contribution in [2.45, 2.75) is 51.0 Å². The SMILES string of the molecule is CC(C)C(O)CC(=O)NCC1(c2ccccc2)CCC1. The summed E-state index contributed by atoms with van der Waals surface area (Å²) in [6, 6.07) is 10.4. The molecule has 1 saturated carbocycles. The van der Waals surface area contributed by atoms with Crippen LogP contribution in [-0.2, 0) is 10.2 Å². The summed E-state index contributed by atoms with van der Waals surface area (Å²) in [6.07, 6.45) is 3.12. The highest BCUT2D eigenvalue weighted by molar-refractivity contribution is 5.76. The first-order valence-corrected chi connectivity index (χ1v) is 7.54. The van der Waals surface area contributed by atoms with E-state index >= 15 is 0 Å². The molecule has 1 amide bonds. The van der Waals surface area contributed by atoms with Crippen LogP contribution in [0, 0.1) is 5.92 Å². The molecular formula is C17H25NO2. The summed E-state index contributed by atoms with van der Waals surface area (Å²) in [5.41, 5.74) is 1.43. The molecule has 1 aliphatic rings. The van der Waals surface area contributed by atoms with Crippen LogP contribution in [0.25, 0.3) is 0 Å². The minimum Gasteiger partial charge on any atom is -0.392 e. The van der Waals surface area contributed by atoms with Crippen molar-refractivity contribution in [1.82, 2.24) is 5.32 Å². The largest absolute Gasteiger partial charge is 0.392 e. The zero-order valence-corrected chi connectivity index (χ0v) is 12.4. The third-order valence-corrected chi connectivity index (χ3v) is 4.48. The van der Waals surface area contributed by atoms with E-state index in [2.05, 4.69) is 29.6 Å². The van der Waals surface area contributed by atoms with Crippen LogP contribution in [0.2, 0.25) is 0 Å². The van der Waals surface area contributed by atoms with Gasteiger partial charge in [0.15, 0.2) is 0 Å². The maximum Gasteiger partial charge on any atom is 0.222 e. The second-order valence-corrected chi connectivity index (χ2v) is 6.29. The second-order valence-electron chi connectivity index (χ2n) is 6.29. The molecule has 1 aromatic carbocycles. The molecular weight excluding hydrogens is 250 g/mol. The number of rotatable bonds is 6. The fraction of sp³-hybridized carbons (Fsp3) is 0.588. The number of hydrogen-bond acceptors (Lipinski definition) is 2. The standard InChI is InChI=1S/C17H25NO2/c1-13(2)15(19)11-16(20)18-12-17(9-6-10-17)14-7-4-3-5-8-14/h3-5,7-8,13,15,19H,6,9-12H2,1-2H3,(H,18,20). The van der Waals surface area contributed by atoms with Crippen LogP contribution in [0.3, 0.4) is 0 Å². The van der Waals surface area contributed by atoms with E-state index in [1.54, 1.807) is 0 Å². The van der Waals surface area contributed by atoms with E-state index in [9.17, 15) is 9.90 Å². The van der Waals surface area contributed by atoms with Crippen LogP contribution < -0.4 is 5.32 Å². The topological polar surface area (TPSA) is 49.3 Å². The average molecular weight is 275 g/mol. The van der Waals surface area contributed by atoms with E-state index in [4.69, 9.17) is 0 Å². The van der Waals surface area contributed by atoms with Gasteiger partial charge in [-0.25, -0.2) is 0 Å². The minimum atomic E-state index is -0.552. The normalized spacial score (nSPS) is 18.4. The zero-order chi connectivity index (χ0) is 14.6. The van der Waals surface area contributed by atoms with Gasteiger partial charge in [0, 0.05) is 12.0 Å². The molecule has 0 aliphatic heterocycles. The lowest BCUT2D eigenvalue weighted by Crippen LogP contribution is -2.46. The molecule has 0 spiro atoms. The van der Waals surface area contributed by atoms with Gasteiger partial charge in [0.1, 0.15) is 0 Å². The molecule has 3 heteroatoms. The number of aliphatic hydroxyl groups excluding tert-OH is 1. The highest BCUT2D eigenvalue weighted by atomic mass is 16.3. The number of benzene rings is 1. The van der Waals surface area contributed by atoms with E-state index in [1.165, 1.54) is 12.0 Å². The van der Waals surface area contributed by atoms with Crippen LogP contribution >= 0.6 is 0 Å². The Bertz CT molecular complexity index is 438. The number of carbonyl (C=O) groups is 1. The van der Waals surface area contributed by atoms with E-state index in [0.717, 1.165) is 12.8 Å². The van der Waals surface area contributed by atoms with Crippen molar-refractivity contribution in [1.29, 1.82) is 0 Å². The third-order valence-electron chi connectivity index (χ3n) is 4.48. The molecule has 2 N–H and O–H groups in total. The van der Waals surface area contributed by atoms with Crippen molar-refractivity contribution in [2.75, 3.05) is 6.54 Å². The molecule has 110 valence electrons. The molecule has 0 heterocycles. The number of carbonyl (C=O) groups excluding carboxylic acids is 1. The number of hydrogen-bond donors (Lipinski definition) is 2. The number of amides is 1. The average Bonchev–Trinajstić information content (AvgIpc) is 2.38. The second kappa shape index (κ2) is 6.40. The molecule has 0 radical (unpaired) electrons. The van der Waals surface area contributed by atoms with Crippen molar-refractivity contribution in [3.63, 3.8) is 0 Å². The lowest BCUT2D eigenvalue weighted by Gasteiger charge is -2.42. The quantitative estimate of drug-likeness (QED) is 0.838. The summed E-state index contributed by atoms with van der Waals surface area (Å²) < 4.78 is 0. The fourth-order valence-corrected chi connectivity index (χ4v) is 2.73. The van der Waals surface area contributed by atoms with E-state index in [0.29, 0.717) is 6.54 Å². The van der Waals surface area contributed by atoms with Crippen molar-refractivity contribution >= 4 is 5.91 Å². The van der Waals surface area contributed by atoms with Gasteiger partial charge < -0.3 is 10.4 Å². The molecule has 1 fully saturated rings. The smallest absolute Gasteiger partial charge is 0.222 e. The Hall–Kier alpha value is -1.35. The minimum absolute atomic E-state index is 0.0478. The van der Waals surface area contributed by atoms with Gasteiger partial charge in [-0.2, -0.15) is 0 Å². The van der Waals surface area contributed by atoms with Gasteiger partial charge in [-0.15, -0.1) is 0 Å². The molecule has 0 aromatic heterocycles. The number of nitrogens with one attached hydrogen (secondary N) is 1. The summed E-state index contributed by atoms with van der Waals surface area (Å²) >= 11 is 0. The third kappa shape index (κ3) is 3.40. The Balaban J connectivity index is 1.90. The predicted octanol–water partition coefficient (Wildman–Crippen LogP) is 2.63. The first kappa shape index (κ1) is 15.0. The Morgan fingerprint density at radius 2 is 1.95 bits per heavy atom. The maximum atomic E-state index is 11.9. The van der Waals surface area contributed by atoms with Gasteiger partial charge in [-0.3, -0.25) is 4.79 Å². The molecule has 0 bridgehead atoms. The highest BCUT2D eigenvalue weighted by Gasteiger charge is 2.38. The first-order chi connectivity index (χ1) is 9.53. The molecule has 2 rings (SSSR count). The monoisotopic (exact) mass is 275 g/mol. The van der Waals surface area contributed by atoms with E-state index < -0.39 is 6.10 Å². The molecule has 1 aromatic rings. The molecule has 1 unspecified atom stereocenters. The van der Waals surface area contributed by atoms with E-state index in [-0.39, 0.29) is 23.7 Å². The van der Waals surface area contributed by atoms with Gasteiger partial charge in [0.05, 0.1) is 12.5 Å². The summed E-state index contributed by atoms with van der Waals surface area (Å²) in [5.74, 6) is 0.0703. The fourth-order valence-electron chi connectivity index (χ4n) is 2.73. The van der Waals surface area contributed by atoms with Crippen molar-refractivity contribution in [3.8, 4) is 0 Å². The molecule has 1 aliphatic carbocycles. The Labute approximate surface area is 121 Å². The molecule has 0 saturated heterocycles. The first-order valence-electron chi connectivity index (χ1n) is 7.54. The molecule has 3 nitrogen and oxygen atoms in total. The Morgan fingerprint density at radius 1 is 1.30 bits per heavy atom. The van der Waals surface area contributed by atoms with Crippen molar-refractivity contribution < 1.29 is 9.90 Å². The maximum absolute atomic E-state index is 11.9. The van der Waals surface area contributed by atoms with Crippen LogP contribution in [0.1, 0.15) is 45.1 Å². The van der Waals surface area contributed by atoms with Gasteiger partial charge >= 0.3 is 0 Å².